The zero-order valence-corrected chi connectivity index (χ0v) is 12.7. The topological polar surface area (TPSA) is 52.1 Å². The van der Waals surface area contributed by atoms with Crippen molar-refractivity contribution in [1.29, 1.82) is 0 Å². The predicted octanol–water partition coefficient (Wildman–Crippen LogP) is 3.95. The number of nitrogens with zero attached hydrogens (tertiary/aromatic N) is 2. The van der Waals surface area contributed by atoms with Crippen molar-refractivity contribution in [3.05, 3.63) is 70.5 Å². The molecule has 22 heavy (non-hydrogen) atoms. The number of hydrogen-bond acceptors (Lipinski definition) is 4. The molecule has 0 N–H and O–H groups in total. The van der Waals surface area contributed by atoms with E-state index in [0.29, 0.717) is 16.3 Å². The lowest BCUT2D eigenvalue weighted by Gasteiger charge is -2.08. The average Bonchev–Trinajstić information content (AvgIpc) is 2.52. The minimum absolute atomic E-state index is 0.0784. The molecule has 0 bridgehead atoms. The Morgan fingerprint density at radius 1 is 1.09 bits per heavy atom. The first kappa shape index (κ1) is 14.5. The van der Waals surface area contributed by atoms with Crippen molar-refractivity contribution in [3.63, 3.8) is 0 Å². The number of benzene rings is 2. The first-order chi connectivity index (χ1) is 10.6. The molecule has 1 aromatic heterocycles. The van der Waals surface area contributed by atoms with Gasteiger partial charge in [-0.15, -0.1) is 0 Å². The third-order valence-corrected chi connectivity index (χ3v) is 3.48. The predicted molar refractivity (Wildman–Crippen MR) is 84.8 cm³/mol. The van der Waals surface area contributed by atoms with Gasteiger partial charge in [0.15, 0.2) is 0 Å². The van der Waals surface area contributed by atoms with E-state index in [9.17, 15) is 4.79 Å². The van der Waals surface area contributed by atoms with Gasteiger partial charge in [-0.3, -0.25) is 0 Å². The van der Waals surface area contributed by atoms with Crippen molar-refractivity contribution < 1.29 is 9.53 Å². The summed E-state index contributed by atoms with van der Waals surface area (Å²) in [5.41, 5.74) is 3.41. The number of rotatable bonds is 3. The van der Waals surface area contributed by atoms with E-state index in [1.807, 2.05) is 31.2 Å². The summed E-state index contributed by atoms with van der Waals surface area (Å²) in [6, 6.07) is 14.2. The van der Waals surface area contributed by atoms with Gasteiger partial charge in [-0.1, -0.05) is 29.8 Å². The molecule has 2 aromatic carbocycles. The summed E-state index contributed by atoms with van der Waals surface area (Å²) in [5.74, 6) is -0.433. The highest BCUT2D eigenvalue weighted by Gasteiger charge is 2.11. The molecule has 0 aliphatic carbocycles. The highest BCUT2D eigenvalue weighted by atomic mass is 35.5. The summed E-state index contributed by atoms with van der Waals surface area (Å²) >= 11 is 5.87. The molecule has 0 radical (unpaired) electrons. The number of ether oxygens (including phenoxy) is 1. The van der Waals surface area contributed by atoms with E-state index < -0.39 is 5.97 Å². The number of fused-ring (bicyclic) bond motifs is 1. The number of para-hydroxylation sites is 2. The van der Waals surface area contributed by atoms with Gasteiger partial charge in [-0.25, -0.2) is 14.8 Å². The van der Waals surface area contributed by atoms with E-state index in [-0.39, 0.29) is 6.61 Å². The fourth-order valence-electron chi connectivity index (χ4n) is 2.09. The first-order valence-electron chi connectivity index (χ1n) is 6.78. The SMILES string of the molecule is Cc1nc2ccccc2nc1COC(=O)c1cccc(Cl)c1. The molecule has 0 aliphatic rings. The largest absolute Gasteiger partial charge is 0.456 e. The maximum Gasteiger partial charge on any atom is 0.338 e. The van der Waals surface area contributed by atoms with E-state index in [2.05, 4.69) is 9.97 Å². The summed E-state index contributed by atoms with van der Waals surface area (Å²) in [4.78, 5) is 21.0. The maximum absolute atomic E-state index is 12.0. The van der Waals surface area contributed by atoms with Crippen LogP contribution in [0.25, 0.3) is 11.0 Å². The van der Waals surface area contributed by atoms with Gasteiger partial charge in [-0.2, -0.15) is 0 Å². The fourth-order valence-corrected chi connectivity index (χ4v) is 2.28. The third kappa shape index (κ3) is 3.07. The average molecular weight is 313 g/mol. The molecule has 0 spiro atoms. The van der Waals surface area contributed by atoms with Crippen LogP contribution in [0.1, 0.15) is 21.7 Å². The highest BCUT2D eigenvalue weighted by molar-refractivity contribution is 6.30. The molecule has 0 amide bonds. The molecule has 0 unspecified atom stereocenters. The Labute approximate surface area is 132 Å². The molecular formula is C17H13ClN2O2. The molecule has 3 rings (SSSR count). The molecule has 5 heteroatoms. The first-order valence-corrected chi connectivity index (χ1v) is 7.16. The molecule has 0 saturated carbocycles. The van der Waals surface area contributed by atoms with Gasteiger partial charge < -0.3 is 4.74 Å². The zero-order valence-electron chi connectivity index (χ0n) is 11.9. The summed E-state index contributed by atoms with van der Waals surface area (Å²) in [5, 5.41) is 0.496. The van der Waals surface area contributed by atoms with Gasteiger partial charge in [0.25, 0.3) is 0 Å². The quantitative estimate of drug-likeness (QED) is 0.687. The lowest BCUT2D eigenvalue weighted by atomic mass is 10.2. The van der Waals surface area contributed by atoms with Crippen LogP contribution in [0.2, 0.25) is 5.02 Å². The van der Waals surface area contributed by atoms with Crippen LogP contribution in [0.3, 0.4) is 0 Å². The third-order valence-electron chi connectivity index (χ3n) is 3.24. The number of aryl methyl sites for hydroxylation is 1. The summed E-state index contributed by atoms with van der Waals surface area (Å²) in [7, 11) is 0. The van der Waals surface area contributed by atoms with Crippen molar-refractivity contribution >= 4 is 28.6 Å². The Kier molecular flexibility index (Phi) is 4.02. The standard InChI is InChI=1S/C17H13ClN2O2/c1-11-16(20-15-8-3-2-7-14(15)19-11)10-22-17(21)12-5-4-6-13(18)9-12/h2-9H,10H2,1H3. The molecule has 0 saturated heterocycles. The molecule has 1 heterocycles. The molecule has 110 valence electrons. The Morgan fingerprint density at radius 3 is 2.55 bits per heavy atom. The summed E-state index contributed by atoms with van der Waals surface area (Å²) in [6.45, 7) is 1.93. The van der Waals surface area contributed by atoms with E-state index >= 15 is 0 Å². The number of carbonyl (C=O) groups is 1. The van der Waals surface area contributed by atoms with Gasteiger partial charge in [0.05, 0.1) is 28.0 Å². The van der Waals surface area contributed by atoms with Crippen LogP contribution >= 0.6 is 11.6 Å². The van der Waals surface area contributed by atoms with Crippen molar-refractivity contribution in [2.45, 2.75) is 13.5 Å². The van der Waals surface area contributed by atoms with E-state index in [1.165, 1.54) is 0 Å². The monoisotopic (exact) mass is 312 g/mol. The van der Waals surface area contributed by atoms with Crippen LogP contribution in [0.5, 0.6) is 0 Å². The minimum Gasteiger partial charge on any atom is -0.456 e. The van der Waals surface area contributed by atoms with Crippen LogP contribution in [-0.2, 0) is 11.3 Å². The van der Waals surface area contributed by atoms with Gasteiger partial charge in [0.1, 0.15) is 6.61 Å². The molecule has 4 nitrogen and oxygen atoms in total. The number of halogens is 1. The molecule has 0 aliphatic heterocycles. The van der Waals surface area contributed by atoms with Gasteiger partial charge >= 0.3 is 5.97 Å². The van der Waals surface area contributed by atoms with Gasteiger partial charge in [-0.05, 0) is 37.3 Å². The number of aromatic nitrogens is 2. The highest BCUT2D eigenvalue weighted by Crippen LogP contribution is 2.15. The van der Waals surface area contributed by atoms with Crippen LogP contribution in [0.15, 0.2) is 48.5 Å². The maximum atomic E-state index is 12.0. The zero-order chi connectivity index (χ0) is 15.5. The Hall–Kier alpha value is -2.46. The molecule has 0 atom stereocenters. The van der Waals surface area contributed by atoms with Crippen molar-refractivity contribution in [1.82, 2.24) is 9.97 Å². The smallest absolute Gasteiger partial charge is 0.338 e. The minimum atomic E-state index is -0.433. The number of carbonyl (C=O) groups excluding carboxylic acids is 1. The number of hydrogen-bond donors (Lipinski definition) is 0. The van der Waals surface area contributed by atoms with Gasteiger partial charge in [0.2, 0.25) is 0 Å². The lowest BCUT2D eigenvalue weighted by molar-refractivity contribution is 0.0467. The molecule has 0 fully saturated rings. The van der Waals surface area contributed by atoms with Crippen LogP contribution in [0.4, 0.5) is 0 Å². The van der Waals surface area contributed by atoms with Crippen molar-refractivity contribution in [3.8, 4) is 0 Å². The second kappa shape index (κ2) is 6.12. The summed E-state index contributed by atoms with van der Waals surface area (Å²) < 4.78 is 5.30. The molecule has 3 aromatic rings. The van der Waals surface area contributed by atoms with E-state index in [1.54, 1.807) is 24.3 Å². The fraction of sp³-hybridized carbons (Fsp3) is 0.118. The second-order valence-corrected chi connectivity index (χ2v) is 5.27. The normalized spacial score (nSPS) is 10.6. The Bertz CT molecular complexity index is 849. The Morgan fingerprint density at radius 2 is 1.82 bits per heavy atom. The van der Waals surface area contributed by atoms with Gasteiger partial charge in [0, 0.05) is 5.02 Å². The van der Waals surface area contributed by atoms with Crippen LogP contribution in [-0.4, -0.2) is 15.9 Å². The lowest BCUT2D eigenvalue weighted by Crippen LogP contribution is -2.08. The molecular weight excluding hydrogens is 300 g/mol. The van der Waals surface area contributed by atoms with Crippen LogP contribution in [0, 0.1) is 6.92 Å². The number of esters is 1. The van der Waals surface area contributed by atoms with E-state index in [0.717, 1.165) is 16.7 Å². The Balaban J connectivity index is 1.79. The van der Waals surface area contributed by atoms with E-state index in [4.69, 9.17) is 16.3 Å². The summed E-state index contributed by atoms with van der Waals surface area (Å²) in [6.07, 6.45) is 0. The van der Waals surface area contributed by atoms with Crippen molar-refractivity contribution in [2.24, 2.45) is 0 Å². The van der Waals surface area contributed by atoms with Crippen LogP contribution < -0.4 is 0 Å². The van der Waals surface area contributed by atoms with Crippen molar-refractivity contribution in [2.75, 3.05) is 0 Å². The second-order valence-electron chi connectivity index (χ2n) is 4.83.